The Bertz CT molecular complexity index is 496. The summed E-state index contributed by atoms with van der Waals surface area (Å²) in [6, 6.07) is 7.49. The van der Waals surface area contributed by atoms with Crippen molar-refractivity contribution in [2.24, 2.45) is 11.7 Å². The molecule has 2 atom stereocenters. The molecule has 1 amide bonds. The molecule has 0 aliphatic heterocycles. The minimum absolute atomic E-state index is 0. The molecule has 118 valence electrons. The van der Waals surface area contributed by atoms with E-state index in [4.69, 9.17) is 10.5 Å². The minimum Gasteiger partial charge on any atom is -0.480 e. The molecule has 6 heteroatoms. The van der Waals surface area contributed by atoms with Crippen LogP contribution in [0, 0.1) is 5.92 Å². The van der Waals surface area contributed by atoms with Gasteiger partial charge in [-0.15, -0.1) is 12.4 Å². The Labute approximate surface area is 140 Å². The Morgan fingerprint density at radius 3 is 2.67 bits per heavy atom. The standard InChI is InChI=1S/C15H21BrN2O2.ClH/c1-10(20-13-6-4-3-5-12(13)16)14(19)18-15(2,9-17)11-7-8-11;/h3-6,10-11H,7-9,17H2,1-2H3,(H,18,19);1H. The second kappa shape index (κ2) is 7.47. The van der Waals surface area contributed by atoms with Gasteiger partial charge >= 0.3 is 0 Å². The lowest BCUT2D eigenvalue weighted by Gasteiger charge is -2.31. The molecule has 2 unspecified atom stereocenters. The second-order valence-electron chi connectivity index (χ2n) is 5.58. The summed E-state index contributed by atoms with van der Waals surface area (Å²) in [6.07, 6.45) is 1.71. The Hall–Kier alpha value is -0.780. The molecule has 1 aliphatic rings. The predicted octanol–water partition coefficient (Wildman–Crippen LogP) is 2.88. The van der Waals surface area contributed by atoms with Gasteiger partial charge < -0.3 is 15.8 Å². The number of rotatable bonds is 6. The second-order valence-corrected chi connectivity index (χ2v) is 6.43. The first-order valence-electron chi connectivity index (χ1n) is 6.89. The van der Waals surface area contributed by atoms with Crippen molar-refractivity contribution in [1.29, 1.82) is 0 Å². The third kappa shape index (κ3) is 4.59. The normalized spacial score (nSPS) is 18.1. The molecule has 1 aliphatic carbocycles. The van der Waals surface area contributed by atoms with E-state index < -0.39 is 6.10 Å². The molecule has 4 nitrogen and oxygen atoms in total. The predicted molar refractivity (Wildman–Crippen MR) is 89.8 cm³/mol. The molecule has 1 saturated carbocycles. The highest BCUT2D eigenvalue weighted by atomic mass is 79.9. The van der Waals surface area contributed by atoms with Gasteiger partial charge in [0.05, 0.1) is 10.0 Å². The molecule has 0 spiro atoms. The van der Waals surface area contributed by atoms with Gasteiger partial charge in [0, 0.05) is 6.54 Å². The first kappa shape index (κ1) is 18.3. The smallest absolute Gasteiger partial charge is 0.261 e. The average molecular weight is 378 g/mol. The summed E-state index contributed by atoms with van der Waals surface area (Å²) >= 11 is 3.41. The highest BCUT2D eigenvalue weighted by Crippen LogP contribution is 2.39. The molecule has 0 bridgehead atoms. The van der Waals surface area contributed by atoms with Crippen molar-refractivity contribution in [2.45, 2.75) is 38.3 Å². The summed E-state index contributed by atoms with van der Waals surface area (Å²) in [7, 11) is 0. The van der Waals surface area contributed by atoms with Gasteiger partial charge in [-0.3, -0.25) is 4.79 Å². The zero-order valence-corrected chi connectivity index (χ0v) is 14.7. The van der Waals surface area contributed by atoms with Crippen molar-refractivity contribution in [2.75, 3.05) is 6.54 Å². The third-order valence-corrected chi connectivity index (χ3v) is 4.48. The lowest BCUT2D eigenvalue weighted by atomic mass is 9.95. The van der Waals surface area contributed by atoms with Crippen molar-refractivity contribution in [3.63, 3.8) is 0 Å². The quantitative estimate of drug-likeness (QED) is 0.801. The maximum atomic E-state index is 12.3. The van der Waals surface area contributed by atoms with Crippen LogP contribution in [-0.4, -0.2) is 24.1 Å². The van der Waals surface area contributed by atoms with Crippen molar-refractivity contribution < 1.29 is 9.53 Å². The third-order valence-electron chi connectivity index (χ3n) is 3.82. The van der Waals surface area contributed by atoms with Gasteiger partial charge in [-0.1, -0.05) is 12.1 Å². The number of para-hydroxylation sites is 1. The highest BCUT2D eigenvalue weighted by molar-refractivity contribution is 9.10. The van der Waals surface area contributed by atoms with Crippen LogP contribution in [0.5, 0.6) is 5.75 Å². The fourth-order valence-corrected chi connectivity index (χ4v) is 2.59. The summed E-state index contributed by atoms with van der Waals surface area (Å²) in [5.41, 5.74) is 5.49. The van der Waals surface area contributed by atoms with Crippen molar-refractivity contribution in [3.05, 3.63) is 28.7 Å². The van der Waals surface area contributed by atoms with Crippen LogP contribution in [0.4, 0.5) is 0 Å². The van der Waals surface area contributed by atoms with E-state index in [1.54, 1.807) is 6.92 Å². The fraction of sp³-hybridized carbons (Fsp3) is 0.533. The molecule has 2 rings (SSSR count). The molecule has 0 saturated heterocycles. The Kier molecular flexibility index (Phi) is 6.50. The SMILES string of the molecule is CC(Oc1ccccc1Br)C(=O)NC(C)(CN)C1CC1.Cl. The number of nitrogens with one attached hydrogen (secondary N) is 1. The van der Waals surface area contributed by atoms with Crippen molar-refractivity contribution in [3.8, 4) is 5.75 Å². The Morgan fingerprint density at radius 1 is 1.52 bits per heavy atom. The number of hydrogen-bond acceptors (Lipinski definition) is 3. The summed E-state index contributed by atoms with van der Waals surface area (Å²) in [6.45, 7) is 4.21. The summed E-state index contributed by atoms with van der Waals surface area (Å²) in [4.78, 5) is 12.3. The van der Waals surface area contributed by atoms with E-state index in [0.29, 0.717) is 18.2 Å². The van der Waals surface area contributed by atoms with E-state index in [1.807, 2.05) is 31.2 Å². The van der Waals surface area contributed by atoms with E-state index in [9.17, 15) is 4.79 Å². The zero-order valence-electron chi connectivity index (χ0n) is 12.3. The molecule has 0 radical (unpaired) electrons. The Balaban J connectivity index is 0.00000220. The van der Waals surface area contributed by atoms with Crippen LogP contribution in [0.2, 0.25) is 0 Å². The highest BCUT2D eigenvalue weighted by Gasteiger charge is 2.42. The summed E-state index contributed by atoms with van der Waals surface area (Å²) in [5.74, 6) is 1.03. The monoisotopic (exact) mass is 376 g/mol. The van der Waals surface area contributed by atoms with Gasteiger partial charge in [0.25, 0.3) is 5.91 Å². The molecule has 1 aromatic carbocycles. The molecular formula is C15H22BrClN2O2. The number of carbonyl (C=O) groups is 1. The average Bonchev–Trinajstić information content (AvgIpc) is 3.26. The van der Waals surface area contributed by atoms with Crippen LogP contribution >= 0.6 is 28.3 Å². The van der Waals surface area contributed by atoms with E-state index in [-0.39, 0.29) is 23.9 Å². The van der Waals surface area contributed by atoms with Crippen LogP contribution in [0.1, 0.15) is 26.7 Å². The van der Waals surface area contributed by atoms with Crippen LogP contribution in [0.3, 0.4) is 0 Å². The number of hydrogen-bond donors (Lipinski definition) is 2. The van der Waals surface area contributed by atoms with Gasteiger partial charge in [0.1, 0.15) is 5.75 Å². The summed E-state index contributed by atoms with van der Waals surface area (Å²) in [5, 5.41) is 3.04. The molecule has 0 heterocycles. The molecule has 1 aromatic rings. The number of carbonyl (C=O) groups excluding carboxylic acids is 1. The first-order valence-corrected chi connectivity index (χ1v) is 7.69. The largest absolute Gasteiger partial charge is 0.480 e. The van der Waals surface area contributed by atoms with Crippen LogP contribution in [-0.2, 0) is 4.79 Å². The molecule has 21 heavy (non-hydrogen) atoms. The number of benzene rings is 1. The maximum Gasteiger partial charge on any atom is 0.261 e. The van der Waals surface area contributed by atoms with Gasteiger partial charge in [0.15, 0.2) is 6.10 Å². The molecule has 0 aromatic heterocycles. The fourth-order valence-electron chi connectivity index (χ4n) is 2.21. The van der Waals surface area contributed by atoms with Gasteiger partial charge in [-0.25, -0.2) is 0 Å². The van der Waals surface area contributed by atoms with E-state index in [2.05, 4.69) is 21.2 Å². The number of halogens is 2. The van der Waals surface area contributed by atoms with E-state index >= 15 is 0 Å². The number of ether oxygens (including phenoxy) is 1. The Morgan fingerprint density at radius 2 is 2.14 bits per heavy atom. The van der Waals surface area contributed by atoms with Crippen molar-refractivity contribution in [1.82, 2.24) is 5.32 Å². The lowest BCUT2D eigenvalue weighted by molar-refractivity contribution is -0.129. The van der Waals surface area contributed by atoms with Gasteiger partial charge in [-0.2, -0.15) is 0 Å². The zero-order chi connectivity index (χ0) is 14.8. The molecule has 3 N–H and O–H groups in total. The lowest BCUT2D eigenvalue weighted by Crippen LogP contribution is -2.56. The van der Waals surface area contributed by atoms with Crippen LogP contribution < -0.4 is 15.8 Å². The topological polar surface area (TPSA) is 64.3 Å². The maximum absolute atomic E-state index is 12.3. The van der Waals surface area contributed by atoms with E-state index in [1.165, 1.54) is 0 Å². The molecule has 1 fully saturated rings. The first-order chi connectivity index (χ1) is 9.46. The number of nitrogens with two attached hydrogens (primary N) is 1. The minimum atomic E-state index is -0.557. The van der Waals surface area contributed by atoms with Gasteiger partial charge in [-0.05, 0) is 60.7 Å². The van der Waals surface area contributed by atoms with Crippen LogP contribution in [0.15, 0.2) is 28.7 Å². The van der Waals surface area contributed by atoms with Crippen molar-refractivity contribution >= 4 is 34.2 Å². The molecular weight excluding hydrogens is 356 g/mol. The summed E-state index contributed by atoms with van der Waals surface area (Å²) < 4.78 is 6.53. The van der Waals surface area contributed by atoms with E-state index in [0.717, 1.165) is 17.3 Å². The van der Waals surface area contributed by atoms with Crippen LogP contribution in [0.25, 0.3) is 0 Å². The number of amides is 1. The van der Waals surface area contributed by atoms with Gasteiger partial charge in [0.2, 0.25) is 0 Å².